The summed E-state index contributed by atoms with van der Waals surface area (Å²) in [7, 11) is 0. The van der Waals surface area contributed by atoms with Gasteiger partial charge < -0.3 is 16.0 Å². The average molecular weight is 636 g/mol. The zero-order chi connectivity index (χ0) is 35.2. The van der Waals surface area contributed by atoms with Crippen molar-refractivity contribution >= 4 is 34.9 Å². The van der Waals surface area contributed by atoms with E-state index >= 15 is 0 Å². The maximum absolute atomic E-state index is 13.2. The highest BCUT2D eigenvalue weighted by Crippen LogP contribution is 2.19. The highest BCUT2D eigenvalue weighted by Gasteiger charge is 2.30. The predicted molar refractivity (Wildman–Crippen MR) is 180 cm³/mol. The zero-order valence-electron chi connectivity index (χ0n) is 30.5. The number of hydrogen-bond acceptors (Lipinski definition) is 7. The van der Waals surface area contributed by atoms with Crippen LogP contribution in [0.1, 0.15) is 129 Å². The highest BCUT2D eigenvalue weighted by atomic mass is 16.2. The van der Waals surface area contributed by atoms with E-state index in [2.05, 4.69) is 16.0 Å². The summed E-state index contributed by atoms with van der Waals surface area (Å²) < 4.78 is 0. The summed E-state index contributed by atoms with van der Waals surface area (Å²) in [4.78, 5) is 77.5. The first kappa shape index (κ1) is 42.6. The quantitative estimate of drug-likeness (QED) is 0.135. The van der Waals surface area contributed by atoms with Gasteiger partial charge in [-0.1, -0.05) is 90.0 Å². The Hall–Kier alpha value is -2.42. The van der Waals surface area contributed by atoms with Gasteiger partial charge in [-0.15, -0.1) is 0 Å². The van der Waals surface area contributed by atoms with Crippen LogP contribution in [0.3, 0.4) is 0 Å². The van der Waals surface area contributed by atoms with Gasteiger partial charge in [0.15, 0.2) is 17.3 Å². The number of amides is 2. The van der Waals surface area contributed by atoms with E-state index in [9.17, 15) is 28.8 Å². The first-order valence-electron chi connectivity index (χ1n) is 17.2. The lowest BCUT2D eigenvalue weighted by atomic mass is 9.88. The summed E-state index contributed by atoms with van der Waals surface area (Å²) in [5.41, 5.74) is 0. The summed E-state index contributed by atoms with van der Waals surface area (Å²) in [5, 5.41) is 9.14. The molecule has 9 heteroatoms. The van der Waals surface area contributed by atoms with Crippen molar-refractivity contribution in [1.82, 2.24) is 16.0 Å². The Morgan fingerprint density at radius 2 is 0.667 bits per heavy atom. The Balaban J connectivity index is 5.43. The number of Topliss-reactive ketones (excluding diaryl/α,β-unsaturated/α-hetero) is 4. The molecule has 0 fully saturated rings. The summed E-state index contributed by atoms with van der Waals surface area (Å²) >= 11 is 0. The molecule has 0 heterocycles. The Morgan fingerprint density at radius 3 is 0.978 bits per heavy atom. The third kappa shape index (κ3) is 15.6. The average Bonchev–Trinajstić information content (AvgIpc) is 2.96. The highest BCUT2D eigenvalue weighted by molar-refractivity contribution is 5.92. The monoisotopic (exact) mass is 635 g/mol. The SMILES string of the molecule is CC(C)NC(CCC(C)C(=O)NC(CCC(C)C(=O)NC(CCC(C)C(=O)C(C)C)C(=O)C(C)C)C(=O)C(C)C)C(=O)C(C)C. The fourth-order valence-corrected chi connectivity index (χ4v) is 5.34. The second kappa shape index (κ2) is 20.7. The minimum Gasteiger partial charge on any atom is -0.346 e. The molecule has 0 rings (SSSR count). The van der Waals surface area contributed by atoms with Crippen molar-refractivity contribution in [3.63, 3.8) is 0 Å². The normalized spacial score (nSPS) is 16.0. The second-order valence-corrected chi connectivity index (χ2v) is 14.7. The molecule has 260 valence electrons. The number of ketones is 4. The van der Waals surface area contributed by atoms with E-state index in [0.29, 0.717) is 32.1 Å². The third-order valence-electron chi connectivity index (χ3n) is 8.52. The largest absolute Gasteiger partial charge is 0.346 e. The van der Waals surface area contributed by atoms with Crippen LogP contribution in [0, 0.1) is 41.4 Å². The molecular formula is C36H65N3O6. The zero-order valence-corrected chi connectivity index (χ0v) is 30.5. The minimum atomic E-state index is -0.743. The molecule has 3 N–H and O–H groups in total. The van der Waals surface area contributed by atoms with Gasteiger partial charge in [-0.2, -0.15) is 0 Å². The van der Waals surface area contributed by atoms with Gasteiger partial charge in [-0.3, -0.25) is 28.8 Å². The molecule has 0 saturated heterocycles. The first-order valence-corrected chi connectivity index (χ1v) is 17.2. The summed E-state index contributed by atoms with van der Waals surface area (Å²) in [6.07, 6.45) is 2.53. The molecule has 0 aromatic heterocycles. The van der Waals surface area contributed by atoms with Crippen molar-refractivity contribution in [2.24, 2.45) is 41.4 Å². The van der Waals surface area contributed by atoms with Gasteiger partial charge in [-0.05, 0) is 38.5 Å². The first-order chi connectivity index (χ1) is 20.7. The van der Waals surface area contributed by atoms with E-state index in [1.807, 2.05) is 48.5 Å². The molecule has 0 aliphatic heterocycles. The molecule has 2 amide bonds. The van der Waals surface area contributed by atoms with E-state index in [1.165, 1.54) is 0 Å². The van der Waals surface area contributed by atoms with Crippen molar-refractivity contribution in [2.75, 3.05) is 0 Å². The smallest absolute Gasteiger partial charge is 0.223 e. The molecule has 0 aromatic rings. The molecule has 45 heavy (non-hydrogen) atoms. The number of rotatable bonds is 23. The maximum Gasteiger partial charge on any atom is 0.223 e. The van der Waals surface area contributed by atoms with Crippen molar-refractivity contribution in [1.29, 1.82) is 0 Å². The molecule has 0 spiro atoms. The molecule has 0 saturated carbocycles. The van der Waals surface area contributed by atoms with Gasteiger partial charge >= 0.3 is 0 Å². The van der Waals surface area contributed by atoms with Crippen LogP contribution in [0.5, 0.6) is 0 Å². The standard InChI is InChI=1S/C36H65N3O6/c1-20(2)31(40)25(11)14-17-29(33(42)22(5)6)38-36(45)27(13)16-19-30(34(43)23(7)8)39-35(44)26(12)15-18-28(37-24(9)10)32(41)21(3)4/h20-30,37H,14-19H2,1-13H3,(H,38,45)(H,39,44). The summed E-state index contributed by atoms with van der Waals surface area (Å²) in [6, 6.07) is -1.64. The number of carbonyl (C=O) groups excluding carboxylic acids is 6. The lowest BCUT2D eigenvalue weighted by Gasteiger charge is -2.26. The maximum atomic E-state index is 13.2. The van der Waals surface area contributed by atoms with Crippen LogP contribution < -0.4 is 16.0 Å². The second-order valence-electron chi connectivity index (χ2n) is 14.7. The Morgan fingerprint density at radius 1 is 0.378 bits per heavy atom. The predicted octanol–water partition coefficient (Wildman–Crippen LogP) is 5.47. The van der Waals surface area contributed by atoms with Gasteiger partial charge in [-0.25, -0.2) is 0 Å². The third-order valence-corrected chi connectivity index (χ3v) is 8.52. The topological polar surface area (TPSA) is 139 Å². The van der Waals surface area contributed by atoms with Crippen molar-refractivity contribution in [3.05, 3.63) is 0 Å². The van der Waals surface area contributed by atoms with Gasteiger partial charge in [0.05, 0.1) is 18.1 Å². The molecule has 0 aromatic carbocycles. The van der Waals surface area contributed by atoms with Crippen LogP contribution in [0.25, 0.3) is 0 Å². The van der Waals surface area contributed by atoms with Crippen LogP contribution >= 0.6 is 0 Å². The Labute approximate surface area is 273 Å². The lowest BCUT2D eigenvalue weighted by molar-refractivity contribution is -0.132. The fourth-order valence-electron chi connectivity index (χ4n) is 5.34. The van der Waals surface area contributed by atoms with Gasteiger partial charge in [0.1, 0.15) is 5.78 Å². The van der Waals surface area contributed by atoms with Crippen molar-refractivity contribution in [3.8, 4) is 0 Å². The van der Waals surface area contributed by atoms with Crippen molar-refractivity contribution < 1.29 is 28.8 Å². The minimum absolute atomic E-state index is 0.0743. The van der Waals surface area contributed by atoms with Gasteiger partial charge in [0, 0.05) is 47.5 Å². The summed E-state index contributed by atoms with van der Waals surface area (Å²) in [6.45, 7) is 24.0. The number of hydrogen-bond donors (Lipinski definition) is 3. The number of nitrogens with one attached hydrogen (secondary N) is 3. The molecule has 6 unspecified atom stereocenters. The molecule has 0 radical (unpaired) electrons. The number of carbonyl (C=O) groups is 6. The van der Waals surface area contributed by atoms with E-state index < -0.39 is 23.9 Å². The molecule has 9 nitrogen and oxygen atoms in total. The summed E-state index contributed by atoms with van der Waals surface area (Å²) in [5.74, 6) is -2.35. The van der Waals surface area contributed by atoms with Crippen LogP contribution in [0.2, 0.25) is 0 Å². The fraction of sp³-hybridized carbons (Fsp3) is 0.833. The van der Waals surface area contributed by atoms with Crippen LogP contribution in [0.15, 0.2) is 0 Å². The molecule has 0 aliphatic rings. The van der Waals surface area contributed by atoms with Crippen LogP contribution in [-0.2, 0) is 28.8 Å². The molecule has 0 aliphatic carbocycles. The van der Waals surface area contributed by atoms with Gasteiger partial charge in [0.25, 0.3) is 0 Å². The van der Waals surface area contributed by atoms with E-state index in [0.717, 1.165) is 0 Å². The van der Waals surface area contributed by atoms with E-state index in [-0.39, 0.29) is 83.0 Å². The lowest BCUT2D eigenvalue weighted by Crippen LogP contribution is -2.47. The van der Waals surface area contributed by atoms with Crippen molar-refractivity contribution in [2.45, 2.75) is 153 Å². The Bertz CT molecular complexity index is 987. The van der Waals surface area contributed by atoms with Gasteiger partial charge in [0.2, 0.25) is 11.8 Å². The van der Waals surface area contributed by atoms with Crippen LogP contribution in [0.4, 0.5) is 0 Å². The van der Waals surface area contributed by atoms with E-state index in [4.69, 9.17) is 0 Å². The molecule has 6 atom stereocenters. The Kier molecular flexibility index (Phi) is 19.5. The van der Waals surface area contributed by atoms with E-state index in [1.54, 1.807) is 41.5 Å². The molecule has 0 bridgehead atoms. The van der Waals surface area contributed by atoms with Crippen LogP contribution in [-0.4, -0.2) is 59.1 Å². The molecular weight excluding hydrogens is 570 g/mol.